The Morgan fingerprint density at radius 1 is 1.25 bits per heavy atom. The number of hydrogen-bond acceptors (Lipinski definition) is 0. The molecule has 0 radical (unpaired) electrons. The van der Waals surface area contributed by atoms with E-state index in [0.717, 1.165) is 5.92 Å². The summed E-state index contributed by atoms with van der Waals surface area (Å²) in [6, 6.07) is 0. The molecule has 0 nitrogen and oxygen atoms in total. The fourth-order valence-corrected chi connectivity index (χ4v) is 0.942. The first kappa shape index (κ1) is 11.5. The number of rotatable bonds is 6. The van der Waals surface area contributed by atoms with E-state index in [1.165, 1.54) is 19.3 Å². The van der Waals surface area contributed by atoms with Crippen LogP contribution in [0.25, 0.3) is 0 Å². The molecule has 0 aromatic carbocycles. The maximum atomic E-state index is 3.77. The van der Waals surface area contributed by atoms with Crippen molar-refractivity contribution in [3.63, 3.8) is 0 Å². The minimum absolute atomic E-state index is 0.659. The van der Waals surface area contributed by atoms with Crippen LogP contribution in [0, 0.1) is 11.8 Å². The third kappa shape index (κ3) is 6.21. The largest absolute Gasteiger partial charge is 0.103 e. The number of hydrogen-bond donors (Lipinski definition) is 0. The van der Waals surface area contributed by atoms with Crippen LogP contribution in [0.5, 0.6) is 0 Å². The van der Waals surface area contributed by atoms with Crippen molar-refractivity contribution in [2.24, 2.45) is 11.8 Å². The fourth-order valence-electron chi connectivity index (χ4n) is 0.942. The molecule has 0 aromatic heterocycles. The molecule has 0 heterocycles. The maximum Gasteiger partial charge on any atom is -0.0262 e. The Labute approximate surface area is 77.4 Å². The van der Waals surface area contributed by atoms with Gasteiger partial charge >= 0.3 is 0 Å². The topological polar surface area (TPSA) is 0 Å². The van der Waals surface area contributed by atoms with E-state index in [9.17, 15) is 0 Å². The smallest absolute Gasteiger partial charge is 0.0262 e. The van der Waals surface area contributed by atoms with Gasteiger partial charge in [0, 0.05) is 0 Å². The fraction of sp³-hybridized carbons (Fsp3) is 0.667. The summed E-state index contributed by atoms with van der Waals surface area (Å²) in [5.41, 5.74) is 0. The van der Waals surface area contributed by atoms with E-state index in [1.807, 2.05) is 6.08 Å². The van der Waals surface area contributed by atoms with Crippen LogP contribution in [-0.4, -0.2) is 0 Å². The van der Waals surface area contributed by atoms with E-state index in [1.54, 1.807) is 0 Å². The van der Waals surface area contributed by atoms with Crippen molar-refractivity contribution in [2.45, 2.75) is 40.0 Å². The number of allylic oxidation sites excluding steroid dienone is 3. The Morgan fingerprint density at radius 3 is 2.42 bits per heavy atom. The molecular formula is C12H22. The molecule has 0 aliphatic heterocycles. The molecule has 70 valence electrons. The van der Waals surface area contributed by atoms with Crippen molar-refractivity contribution >= 4 is 0 Å². The van der Waals surface area contributed by atoms with Crippen LogP contribution in [0.2, 0.25) is 0 Å². The average Bonchev–Trinajstić information content (AvgIpc) is 2.11. The first-order valence-corrected chi connectivity index (χ1v) is 4.99. The Kier molecular flexibility index (Phi) is 6.84. The zero-order chi connectivity index (χ0) is 9.40. The van der Waals surface area contributed by atoms with Gasteiger partial charge in [-0.1, -0.05) is 45.4 Å². The third-order valence-corrected chi connectivity index (χ3v) is 2.30. The molecule has 2 unspecified atom stereocenters. The summed E-state index contributed by atoms with van der Waals surface area (Å²) in [5, 5.41) is 0. The molecule has 0 amide bonds. The van der Waals surface area contributed by atoms with Gasteiger partial charge < -0.3 is 0 Å². The van der Waals surface area contributed by atoms with Crippen molar-refractivity contribution in [3.8, 4) is 0 Å². The van der Waals surface area contributed by atoms with Crippen molar-refractivity contribution < 1.29 is 0 Å². The Bertz CT molecular complexity index is 133. The molecule has 0 aromatic rings. The normalized spacial score (nSPS) is 16.2. The lowest BCUT2D eigenvalue weighted by Gasteiger charge is -2.02. The summed E-state index contributed by atoms with van der Waals surface area (Å²) in [6.07, 6.45) is 10.3. The van der Waals surface area contributed by atoms with Crippen LogP contribution >= 0.6 is 0 Å². The Morgan fingerprint density at radius 2 is 1.92 bits per heavy atom. The molecule has 0 fully saturated rings. The zero-order valence-corrected chi connectivity index (χ0v) is 8.72. The van der Waals surface area contributed by atoms with Crippen molar-refractivity contribution in [1.82, 2.24) is 0 Å². The van der Waals surface area contributed by atoms with Gasteiger partial charge in [0.15, 0.2) is 0 Å². The highest BCUT2D eigenvalue weighted by atomic mass is 14.0. The summed E-state index contributed by atoms with van der Waals surface area (Å²) >= 11 is 0. The SMILES string of the molecule is C=CC(C)CCC=CC(C)CC. The highest BCUT2D eigenvalue weighted by Gasteiger charge is 1.93. The minimum atomic E-state index is 0.659. The van der Waals surface area contributed by atoms with Gasteiger partial charge in [-0.05, 0) is 24.7 Å². The maximum absolute atomic E-state index is 3.77. The van der Waals surface area contributed by atoms with Gasteiger partial charge in [-0.2, -0.15) is 0 Å². The molecule has 0 spiro atoms. The van der Waals surface area contributed by atoms with Gasteiger partial charge in [-0.15, -0.1) is 6.58 Å². The lowest BCUT2D eigenvalue weighted by molar-refractivity contribution is 0.649. The average molecular weight is 166 g/mol. The van der Waals surface area contributed by atoms with Crippen LogP contribution in [0.1, 0.15) is 40.0 Å². The summed E-state index contributed by atoms with van der Waals surface area (Å²) in [7, 11) is 0. The van der Waals surface area contributed by atoms with E-state index < -0.39 is 0 Å². The van der Waals surface area contributed by atoms with Crippen LogP contribution in [0.4, 0.5) is 0 Å². The lowest BCUT2D eigenvalue weighted by atomic mass is 10.0. The third-order valence-electron chi connectivity index (χ3n) is 2.30. The lowest BCUT2D eigenvalue weighted by Crippen LogP contribution is -1.88. The van der Waals surface area contributed by atoms with Crippen LogP contribution in [-0.2, 0) is 0 Å². The summed E-state index contributed by atoms with van der Waals surface area (Å²) in [6.45, 7) is 10.5. The second-order valence-corrected chi connectivity index (χ2v) is 3.60. The van der Waals surface area contributed by atoms with Crippen LogP contribution in [0.15, 0.2) is 24.8 Å². The predicted octanol–water partition coefficient (Wildman–Crippen LogP) is 4.19. The molecular weight excluding hydrogens is 144 g/mol. The van der Waals surface area contributed by atoms with Crippen molar-refractivity contribution in [3.05, 3.63) is 24.8 Å². The molecule has 0 rings (SSSR count). The molecule has 2 atom stereocenters. The van der Waals surface area contributed by atoms with Gasteiger partial charge in [0.1, 0.15) is 0 Å². The van der Waals surface area contributed by atoms with Gasteiger partial charge in [-0.3, -0.25) is 0 Å². The predicted molar refractivity (Wildman–Crippen MR) is 57.2 cm³/mol. The Balaban J connectivity index is 3.41. The molecule has 0 saturated heterocycles. The molecule has 0 N–H and O–H groups in total. The van der Waals surface area contributed by atoms with E-state index in [-0.39, 0.29) is 0 Å². The van der Waals surface area contributed by atoms with E-state index in [2.05, 4.69) is 39.5 Å². The molecule has 0 saturated carbocycles. The molecule has 0 heteroatoms. The standard InChI is InChI=1S/C12H22/c1-5-11(3)9-7-8-10-12(4)6-2/h5,8,10-12H,1,6-7,9H2,2-4H3. The molecule has 12 heavy (non-hydrogen) atoms. The first-order chi connectivity index (χ1) is 5.70. The summed E-state index contributed by atoms with van der Waals surface area (Å²) < 4.78 is 0. The summed E-state index contributed by atoms with van der Waals surface area (Å²) in [5.74, 6) is 1.40. The first-order valence-electron chi connectivity index (χ1n) is 4.99. The highest BCUT2D eigenvalue weighted by molar-refractivity contribution is 4.87. The monoisotopic (exact) mass is 166 g/mol. The van der Waals surface area contributed by atoms with Gasteiger partial charge in [0.05, 0.1) is 0 Å². The van der Waals surface area contributed by atoms with Gasteiger partial charge in [0.2, 0.25) is 0 Å². The minimum Gasteiger partial charge on any atom is -0.103 e. The van der Waals surface area contributed by atoms with E-state index in [0.29, 0.717) is 5.92 Å². The zero-order valence-electron chi connectivity index (χ0n) is 8.72. The van der Waals surface area contributed by atoms with Crippen LogP contribution in [0.3, 0.4) is 0 Å². The quantitative estimate of drug-likeness (QED) is 0.519. The second-order valence-electron chi connectivity index (χ2n) is 3.60. The Hall–Kier alpha value is -0.520. The van der Waals surface area contributed by atoms with E-state index in [4.69, 9.17) is 0 Å². The molecule has 0 aliphatic rings. The highest BCUT2D eigenvalue weighted by Crippen LogP contribution is 2.08. The second kappa shape index (κ2) is 7.15. The van der Waals surface area contributed by atoms with Gasteiger partial charge in [-0.25, -0.2) is 0 Å². The van der Waals surface area contributed by atoms with Gasteiger partial charge in [0.25, 0.3) is 0 Å². The van der Waals surface area contributed by atoms with E-state index >= 15 is 0 Å². The van der Waals surface area contributed by atoms with Crippen molar-refractivity contribution in [2.75, 3.05) is 0 Å². The summed E-state index contributed by atoms with van der Waals surface area (Å²) in [4.78, 5) is 0. The molecule has 0 bridgehead atoms. The van der Waals surface area contributed by atoms with Crippen molar-refractivity contribution in [1.29, 1.82) is 0 Å². The molecule has 0 aliphatic carbocycles. The van der Waals surface area contributed by atoms with Crippen LogP contribution < -0.4 is 0 Å².